The van der Waals surface area contributed by atoms with Crippen molar-refractivity contribution in [2.75, 3.05) is 24.5 Å². The van der Waals surface area contributed by atoms with Crippen LogP contribution in [0.25, 0.3) is 17.0 Å². The lowest BCUT2D eigenvalue weighted by Crippen LogP contribution is -2.39. The van der Waals surface area contributed by atoms with Gasteiger partial charge in [-0.1, -0.05) is 48.3 Å². The average Bonchev–Trinajstić information content (AvgIpc) is 3.01. The van der Waals surface area contributed by atoms with Crippen LogP contribution in [0.3, 0.4) is 0 Å². The van der Waals surface area contributed by atoms with Crippen molar-refractivity contribution in [1.82, 2.24) is 9.88 Å². The van der Waals surface area contributed by atoms with E-state index in [2.05, 4.69) is 17.5 Å². The Labute approximate surface area is 191 Å². The smallest absolute Gasteiger partial charge is 0.266 e. The van der Waals surface area contributed by atoms with Crippen molar-refractivity contribution < 1.29 is 9.59 Å². The number of hydrogen-bond acceptors (Lipinski definition) is 6. The van der Waals surface area contributed by atoms with Crippen molar-refractivity contribution in [3.8, 4) is 0 Å². The molecule has 0 unspecified atom stereocenters. The van der Waals surface area contributed by atoms with Crippen LogP contribution in [-0.2, 0) is 9.59 Å². The number of para-hydroxylation sites is 1. The lowest BCUT2D eigenvalue weighted by atomic mass is 9.96. The molecule has 2 aromatic rings. The summed E-state index contributed by atoms with van der Waals surface area (Å²) in [5.74, 6) is 0.362. The molecule has 0 bridgehead atoms. The SMILES string of the molecule is C=CCN1C(=O)/C(=C/c2cc3cccc(C)c3nc2N2CCC(C(N)=O)CC2)SC1=S. The molecule has 31 heavy (non-hydrogen) atoms. The summed E-state index contributed by atoms with van der Waals surface area (Å²) >= 11 is 6.67. The van der Waals surface area contributed by atoms with E-state index in [0.29, 0.717) is 41.7 Å². The summed E-state index contributed by atoms with van der Waals surface area (Å²) in [6.45, 7) is 7.52. The number of carbonyl (C=O) groups is 2. The molecule has 0 saturated carbocycles. The molecule has 1 aromatic heterocycles. The Hall–Kier alpha value is -2.71. The number of benzene rings is 1. The monoisotopic (exact) mass is 452 g/mol. The number of amides is 2. The Bertz CT molecular complexity index is 1120. The second kappa shape index (κ2) is 8.80. The van der Waals surface area contributed by atoms with Gasteiger partial charge in [0, 0.05) is 36.5 Å². The lowest BCUT2D eigenvalue weighted by Gasteiger charge is -2.32. The van der Waals surface area contributed by atoms with Crippen LogP contribution in [0.4, 0.5) is 5.82 Å². The number of fused-ring (bicyclic) bond motifs is 1. The second-order valence-corrected chi connectivity index (χ2v) is 9.47. The third kappa shape index (κ3) is 4.22. The number of nitrogens with two attached hydrogens (primary N) is 1. The van der Waals surface area contributed by atoms with Gasteiger partial charge in [0.15, 0.2) is 0 Å². The number of nitrogens with zero attached hydrogens (tertiary/aromatic N) is 3. The van der Waals surface area contributed by atoms with E-state index in [1.54, 1.807) is 11.0 Å². The average molecular weight is 453 g/mol. The largest absolute Gasteiger partial charge is 0.369 e. The minimum absolute atomic E-state index is 0.1000. The van der Waals surface area contributed by atoms with E-state index in [0.717, 1.165) is 27.8 Å². The van der Waals surface area contributed by atoms with Gasteiger partial charge in [0.05, 0.1) is 10.4 Å². The summed E-state index contributed by atoms with van der Waals surface area (Å²) in [5.41, 5.74) is 8.40. The van der Waals surface area contributed by atoms with Crippen LogP contribution in [0.2, 0.25) is 0 Å². The normalized spacial score (nSPS) is 18.9. The molecule has 2 aliphatic heterocycles. The van der Waals surface area contributed by atoms with Crippen LogP contribution in [-0.4, -0.2) is 45.7 Å². The van der Waals surface area contributed by atoms with Gasteiger partial charge in [0.2, 0.25) is 5.91 Å². The number of thioether (sulfide) groups is 1. The van der Waals surface area contributed by atoms with Gasteiger partial charge in [-0.05, 0) is 37.5 Å². The minimum atomic E-state index is -0.243. The molecule has 2 aliphatic rings. The first-order valence-corrected chi connectivity index (χ1v) is 11.4. The summed E-state index contributed by atoms with van der Waals surface area (Å²) < 4.78 is 0.532. The maximum absolute atomic E-state index is 12.8. The van der Waals surface area contributed by atoms with E-state index >= 15 is 0 Å². The molecule has 8 heteroatoms. The van der Waals surface area contributed by atoms with Crippen LogP contribution >= 0.6 is 24.0 Å². The second-order valence-electron chi connectivity index (χ2n) is 7.79. The molecular weight excluding hydrogens is 428 g/mol. The number of aryl methyl sites for hydroxylation is 1. The van der Waals surface area contributed by atoms with Crippen molar-refractivity contribution in [3.63, 3.8) is 0 Å². The van der Waals surface area contributed by atoms with Gasteiger partial charge in [0.1, 0.15) is 10.1 Å². The molecule has 0 atom stereocenters. The molecule has 2 saturated heterocycles. The first kappa shape index (κ1) is 21.5. The summed E-state index contributed by atoms with van der Waals surface area (Å²) in [4.78, 5) is 33.7. The molecule has 3 heterocycles. The van der Waals surface area contributed by atoms with Gasteiger partial charge >= 0.3 is 0 Å². The molecule has 0 radical (unpaired) electrons. The zero-order chi connectivity index (χ0) is 22.1. The number of carbonyl (C=O) groups excluding carboxylic acids is 2. The molecule has 2 amide bonds. The third-order valence-corrected chi connectivity index (χ3v) is 7.10. The fraction of sp³-hybridized carbons (Fsp3) is 0.304. The highest BCUT2D eigenvalue weighted by atomic mass is 32.2. The van der Waals surface area contributed by atoms with Gasteiger partial charge in [-0.15, -0.1) is 6.58 Å². The lowest BCUT2D eigenvalue weighted by molar-refractivity contribution is -0.122. The number of pyridine rings is 1. The summed E-state index contributed by atoms with van der Waals surface area (Å²) in [6.07, 6.45) is 4.95. The molecule has 6 nitrogen and oxygen atoms in total. The number of anilines is 1. The van der Waals surface area contributed by atoms with Crippen LogP contribution in [0.15, 0.2) is 41.8 Å². The van der Waals surface area contributed by atoms with Crippen molar-refractivity contribution in [3.05, 3.63) is 53.0 Å². The fourth-order valence-electron chi connectivity index (χ4n) is 4.02. The molecule has 2 fully saturated rings. The van der Waals surface area contributed by atoms with Crippen LogP contribution < -0.4 is 10.6 Å². The van der Waals surface area contributed by atoms with Crippen molar-refractivity contribution in [2.45, 2.75) is 19.8 Å². The van der Waals surface area contributed by atoms with E-state index < -0.39 is 0 Å². The number of aromatic nitrogens is 1. The molecule has 4 rings (SSSR count). The van der Waals surface area contributed by atoms with Gasteiger partial charge in [0.25, 0.3) is 5.91 Å². The standard InChI is InChI=1S/C23H24N4O2S2/c1-3-9-27-22(29)18(31-23(27)30)13-17-12-16-6-4-5-14(2)19(16)25-21(17)26-10-7-15(8-11-26)20(24)28/h3-6,12-13,15H,1,7-11H2,2H3,(H2,24,28)/b18-13-. The van der Waals surface area contributed by atoms with E-state index in [1.165, 1.54) is 11.8 Å². The van der Waals surface area contributed by atoms with E-state index in [4.69, 9.17) is 22.9 Å². The first-order chi connectivity index (χ1) is 14.9. The number of thiocarbonyl (C=S) groups is 1. The minimum Gasteiger partial charge on any atom is -0.369 e. The van der Waals surface area contributed by atoms with Crippen LogP contribution in [0.1, 0.15) is 24.0 Å². The fourth-order valence-corrected chi connectivity index (χ4v) is 5.28. The zero-order valence-corrected chi connectivity index (χ0v) is 19.0. The highest BCUT2D eigenvalue weighted by molar-refractivity contribution is 8.26. The predicted molar refractivity (Wildman–Crippen MR) is 131 cm³/mol. The van der Waals surface area contributed by atoms with Gasteiger partial charge in [-0.2, -0.15) is 0 Å². The quantitative estimate of drug-likeness (QED) is 0.424. The van der Waals surface area contributed by atoms with Crippen molar-refractivity contribution >= 4 is 62.9 Å². The predicted octanol–water partition coefficient (Wildman–Crippen LogP) is 3.63. The van der Waals surface area contributed by atoms with Crippen molar-refractivity contribution in [2.24, 2.45) is 11.7 Å². The maximum atomic E-state index is 12.8. The molecule has 2 N–H and O–H groups in total. The summed E-state index contributed by atoms with van der Waals surface area (Å²) in [6, 6.07) is 8.15. The van der Waals surface area contributed by atoms with Gasteiger partial charge < -0.3 is 10.6 Å². The molecule has 0 spiro atoms. The Morgan fingerprint density at radius 3 is 2.81 bits per heavy atom. The Morgan fingerprint density at radius 1 is 1.39 bits per heavy atom. The highest BCUT2D eigenvalue weighted by Gasteiger charge is 2.32. The number of primary amides is 1. The topological polar surface area (TPSA) is 79.5 Å². The third-order valence-electron chi connectivity index (χ3n) is 5.72. The Morgan fingerprint density at radius 2 is 2.13 bits per heavy atom. The molecular formula is C23H24N4O2S2. The number of rotatable bonds is 5. The Balaban J connectivity index is 1.76. The zero-order valence-electron chi connectivity index (χ0n) is 17.3. The van der Waals surface area contributed by atoms with E-state index in [9.17, 15) is 9.59 Å². The first-order valence-electron chi connectivity index (χ1n) is 10.2. The summed E-state index contributed by atoms with van der Waals surface area (Å²) in [5, 5.41) is 1.02. The number of piperidine rings is 1. The molecule has 160 valence electrons. The number of hydrogen-bond donors (Lipinski definition) is 1. The van der Waals surface area contributed by atoms with Crippen LogP contribution in [0, 0.1) is 12.8 Å². The molecule has 1 aromatic carbocycles. The maximum Gasteiger partial charge on any atom is 0.266 e. The van der Waals surface area contributed by atoms with Crippen LogP contribution in [0.5, 0.6) is 0 Å². The van der Waals surface area contributed by atoms with Gasteiger partial charge in [-0.25, -0.2) is 4.98 Å². The molecule has 0 aliphatic carbocycles. The summed E-state index contributed by atoms with van der Waals surface area (Å²) in [7, 11) is 0. The van der Waals surface area contributed by atoms with E-state index in [1.807, 2.05) is 31.2 Å². The van der Waals surface area contributed by atoms with Crippen molar-refractivity contribution in [1.29, 1.82) is 0 Å². The highest BCUT2D eigenvalue weighted by Crippen LogP contribution is 2.36. The van der Waals surface area contributed by atoms with E-state index in [-0.39, 0.29) is 17.7 Å². The Kier molecular flexibility index (Phi) is 6.11. The van der Waals surface area contributed by atoms with Gasteiger partial charge in [-0.3, -0.25) is 14.5 Å².